The molecule has 0 aliphatic heterocycles. The summed E-state index contributed by atoms with van der Waals surface area (Å²) in [5, 5.41) is 20.5. The summed E-state index contributed by atoms with van der Waals surface area (Å²) in [6.45, 7) is 3.38. The Balaban J connectivity index is 2.78. The highest BCUT2D eigenvalue weighted by molar-refractivity contribution is 5.88. The van der Waals surface area contributed by atoms with Crippen LogP contribution in [0.4, 0.5) is 0 Å². The maximum absolute atomic E-state index is 12.1. The van der Waals surface area contributed by atoms with Crippen LogP contribution in [0.5, 0.6) is 0 Å². The van der Waals surface area contributed by atoms with E-state index in [1.54, 1.807) is 26.0 Å². The number of carboxylic acid groups (broad SMARTS) is 2. The zero-order valence-electron chi connectivity index (χ0n) is 11.0. The van der Waals surface area contributed by atoms with Crippen LogP contribution in [0.2, 0.25) is 0 Å². The van der Waals surface area contributed by atoms with Gasteiger partial charge in [0, 0.05) is 0 Å². The minimum Gasteiger partial charge on any atom is -0.481 e. The van der Waals surface area contributed by atoms with Crippen molar-refractivity contribution >= 4 is 17.8 Å². The molecule has 0 spiro atoms. The van der Waals surface area contributed by atoms with Crippen molar-refractivity contribution in [3.8, 4) is 0 Å². The van der Waals surface area contributed by atoms with E-state index in [2.05, 4.69) is 5.32 Å². The Morgan fingerprint density at radius 3 is 2.05 bits per heavy atom. The van der Waals surface area contributed by atoms with Crippen LogP contribution in [-0.2, 0) is 14.4 Å². The zero-order valence-corrected chi connectivity index (χ0v) is 11.0. The van der Waals surface area contributed by atoms with Crippen LogP contribution in [0.25, 0.3) is 0 Å². The summed E-state index contributed by atoms with van der Waals surface area (Å²) in [7, 11) is 0. The van der Waals surface area contributed by atoms with Crippen molar-refractivity contribution in [1.82, 2.24) is 5.32 Å². The maximum Gasteiger partial charge on any atom is 0.326 e. The third-order valence-electron chi connectivity index (χ3n) is 3.32. The molecule has 3 atom stereocenters. The third kappa shape index (κ3) is 3.81. The van der Waals surface area contributed by atoms with Gasteiger partial charge in [0.15, 0.2) is 0 Å². The molecule has 1 aliphatic rings. The highest BCUT2D eigenvalue weighted by Crippen LogP contribution is 2.26. The Labute approximate surface area is 111 Å². The molecule has 0 aromatic carbocycles. The summed E-state index contributed by atoms with van der Waals surface area (Å²) in [6.07, 6.45) is 4.12. The molecule has 1 rings (SSSR count). The quantitative estimate of drug-likeness (QED) is 0.643. The van der Waals surface area contributed by atoms with E-state index in [-0.39, 0.29) is 5.92 Å². The number of hydrogen-bond donors (Lipinski definition) is 3. The first-order valence-electron chi connectivity index (χ1n) is 6.25. The summed E-state index contributed by atoms with van der Waals surface area (Å²) >= 11 is 0. The number of allylic oxidation sites excluding steroid dienone is 2. The molecule has 0 saturated carbocycles. The van der Waals surface area contributed by atoms with E-state index in [9.17, 15) is 14.4 Å². The maximum atomic E-state index is 12.1. The van der Waals surface area contributed by atoms with Crippen molar-refractivity contribution in [2.24, 2.45) is 17.8 Å². The lowest BCUT2D eigenvalue weighted by atomic mass is 9.82. The number of hydrogen-bond acceptors (Lipinski definition) is 3. The predicted molar refractivity (Wildman–Crippen MR) is 67.4 cm³/mol. The predicted octanol–water partition coefficient (Wildman–Crippen LogP) is 0.879. The van der Waals surface area contributed by atoms with Crippen molar-refractivity contribution in [1.29, 1.82) is 0 Å². The molecule has 1 unspecified atom stereocenters. The average molecular weight is 269 g/mol. The van der Waals surface area contributed by atoms with E-state index in [0.717, 1.165) is 0 Å². The first kappa shape index (κ1) is 15.2. The molecule has 1 aliphatic carbocycles. The second-order valence-corrected chi connectivity index (χ2v) is 5.06. The number of carbonyl (C=O) groups excluding carboxylic acids is 1. The van der Waals surface area contributed by atoms with Gasteiger partial charge < -0.3 is 15.5 Å². The summed E-state index contributed by atoms with van der Waals surface area (Å²) < 4.78 is 0. The molecule has 0 aromatic rings. The van der Waals surface area contributed by atoms with Crippen LogP contribution in [0.1, 0.15) is 26.7 Å². The second kappa shape index (κ2) is 6.36. The number of amides is 1. The number of carboxylic acids is 2. The van der Waals surface area contributed by atoms with Crippen molar-refractivity contribution in [3.05, 3.63) is 12.2 Å². The summed E-state index contributed by atoms with van der Waals surface area (Å²) in [4.78, 5) is 34.2. The van der Waals surface area contributed by atoms with Gasteiger partial charge in [0.1, 0.15) is 6.04 Å². The van der Waals surface area contributed by atoms with Crippen LogP contribution >= 0.6 is 0 Å². The third-order valence-corrected chi connectivity index (χ3v) is 3.32. The highest BCUT2D eigenvalue weighted by atomic mass is 16.4. The lowest BCUT2D eigenvalue weighted by Crippen LogP contribution is -2.48. The minimum atomic E-state index is -1.11. The number of nitrogens with one attached hydrogen (secondary N) is 1. The van der Waals surface area contributed by atoms with Gasteiger partial charge in [0.25, 0.3) is 0 Å². The van der Waals surface area contributed by atoms with Crippen LogP contribution in [0, 0.1) is 17.8 Å². The first-order valence-corrected chi connectivity index (χ1v) is 6.25. The van der Waals surface area contributed by atoms with E-state index in [1.807, 2.05) is 0 Å². The summed E-state index contributed by atoms with van der Waals surface area (Å²) in [5.41, 5.74) is 0. The summed E-state index contributed by atoms with van der Waals surface area (Å²) in [5.74, 6) is -4.39. The monoisotopic (exact) mass is 269 g/mol. The molecule has 3 N–H and O–H groups in total. The molecule has 0 aromatic heterocycles. The molecule has 0 bridgehead atoms. The van der Waals surface area contributed by atoms with Crippen molar-refractivity contribution in [2.45, 2.75) is 32.7 Å². The molecule has 6 nitrogen and oxygen atoms in total. The topological polar surface area (TPSA) is 104 Å². The standard InChI is InChI=1S/C13H19NO5/c1-7(2)10(13(18)19)14-11(15)8-5-3-4-6-9(8)12(16)17/h3-4,7-10H,5-6H2,1-2H3,(H,14,15)(H,16,17)(H,18,19)/t8-,9+,10?/m1/s1. The second-order valence-electron chi connectivity index (χ2n) is 5.06. The molecule has 19 heavy (non-hydrogen) atoms. The SMILES string of the molecule is CC(C)C(NC(=O)[C@@H]1CC=CC[C@@H]1C(=O)O)C(=O)O. The molecule has 0 heterocycles. The normalized spacial score (nSPS) is 23.9. The van der Waals surface area contributed by atoms with E-state index >= 15 is 0 Å². The van der Waals surface area contributed by atoms with Gasteiger partial charge in [0.05, 0.1) is 11.8 Å². The minimum absolute atomic E-state index is 0.260. The Kier molecular flexibility index (Phi) is 5.09. The number of aliphatic carboxylic acids is 2. The molecule has 6 heteroatoms. The van der Waals surface area contributed by atoms with Crippen LogP contribution in [-0.4, -0.2) is 34.1 Å². The van der Waals surface area contributed by atoms with Gasteiger partial charge in [-0.2, -0.15) is 0 Å². The molecular weight excluding hydrogens is 250 g/mol. The van der Waals surface area contributed by atoms with Crippen molar-refractivity contribution in [3.63, 3.8) is 0 Å². The lowest BCUT2D eigenvalue weighted by molar-refractivity contribution is -0.148. The summed E-state index contributed by atoms with van der Waals surface area (Å²) in [6, 6.07) is -0.993. The lowest BCUT2D eigenvalue weighted by Gasteiger charge is -2.27. The van der Waals surface area contributed by atoms with Crippen molar-refractivity contribution < 1.29 is 24.6 Å². The van der Waals surface area contributed by atoms with Gasteiger partial charge in [-0.15, -0.1) is 0 Å². The van der Waals surface area contributed by atoms with Crippen LogP contribution in [0.15, 0.2) is 12.2 Å². The molecule has 0 fully saturated rings. The van der Waals surface area contributed by atoms with Gasteiger partial charge >= 0.3 is 11.9 Å². The fourth-order valence-corrected chi connectivity index (χ4v) is 2.15. The Hall–Kier alpha value is -1.85. The fourth-order valence-electron chi connectivity index (χ4n) is 2.15. The fraction of sp³-hybridized carbons (Fsp3) is 0.615. The molecular formula is C13H19NO5. The van der Waals surface area contributed by atoms with Gasteiger partial charge in [-0.05, 0) is 18.8 Å². The smallest absolute Gasteiger partial charge is 0.326 e. The average Bonchev–Trinajstić information content (AvgIpc) is 2.34. The Morgan fingerprint density at radius 2 is 1.63 bits per heavy atom. The van der Waals surface area contributed by atoms with Crippen molar-refractivity contribution in [2.75, 3.05) is 0 Å². The first-order chi connectivity index (χ1) is 8.84. The van der Waals surface area contributed by atoms with Gasteiger partial charge in [-0.3, -0.25) is 9.59 Å². The molecule has 106 valence electrons. The van der Waals surface area contributed by atoms with E-state index < -0.39 is 35.7 Å². The van der Waals surface area contributed by atoms with E-state index in [0.29, 0.717) is 12.8 Å². The Morgan fingerprint density at radius 1 is 1.11 bits per heavy atom. The largest absolute Gasteiger partial charge is 0.481 e. The van der Waals surface area contributed by atoms with E-state index in [1.165, 1.54) is 0 Å². The van der Waals surface area contributed by atoms with Gasteiger partial charge in [0.2, 0.25) is 5.91 Å². The molecule has 0 radical (unpaired) electrons. The van der Waals surface area contributed by atoms with Crippen LogP contribution < -0.4 is 5.32 Å². The number of rotatable bonds is 5. The van der Waals surface area contributed by atoms with Gasteiger partial charge in [-0.25, -0.2) is 4.79 Å². The zero-order chi connectivity index (χ0) is 14.6. The number of carbonyl (C=O) groups is 3. The molecule has 1 amide bonds. The Bertz CT molecular complexity index is 402. The van der Waals surface area contributed by atoms with E-state index in [4.69, 9.17) is 10.2 Å². The highest BCUT2D eigenvalue weighted by Gasteiger charge is 2.36. The van der Waals surface area contributed by atoms with Crippen LogP contribution in [0.3, 0.4) is 0 Å². The molecule has 0 saturated heterocycles. The van der Waals surface area contributed by atoms with Gasteiger partial charge in [-0.1, -0.05) is 26.0 Å².